The molecular weight excluding hydrogens is 753 g/mol. The maximum atomic E-state index is 14.4. The average Bonchev–Trinajstić information content (AvgIpc) is 3.94. The Morgan fingerprint density at radius 1 is 0.767 bits per heavy atom. The molecule has 3 aromatic rings. The molecule has 0 saturated carbocycles. The number of methoxy groups -OCH3 is 1. The molecule has 0 saturated heterocycles. The van der Waals surface area contributed by atoms with Crippen molar-refractivity contribution < 1.29 is 28.7 Å². The van der Waals surface area contributed by atoms with E-state index in [2.05, 4.69) is 70.6 Å². The number of hydrogen-bond donors (Lipinski definition) is 2. The molecule has 0 radical (unpaired) electrons. The van der Waals surface area contributed by atoms with E-state index in [0.717, 1.165) is 71.2 Å². The maximum Gasteiger partial charge on any atom is 0.321 e. The Bertz CT molecular complexity index is 2470. The third-order valence-electron chi connectivity index (χ3n) is 12.9. The van der Waals surface area contributed by atoms with Gasteiger partial charge in [-0.05, 0) is 122 Å². The van der Waals surface area contributed by atoms with Gasteiger partial charge in [0, 0.05) is 74.9 Å². The summed E-state index contributed by atoms with van der Waals surface area (Å²) in [5.74, 6) is -2.95. The number of nitrogens with one attached hydrogen (secondary N) is 2. The molecule has 3 aromatic heterocycles. The number of carbonyl (C=O) groups is 4. The molecule has 3 aliphatic rings. The molecule has 318 valence electrons. The Labute approximate surface area is 354 Å². The smallest absolute Gasteiger partial charge is 0.321 e. The van der Waals surface area contributed by atoms with E-state index in [4.69, 9.17) is 19.4 Å². The van der Waals surface area contributed by atoms with E-state index in [-0.39, 0.29) is 54.2 Å². The molecule has 2 aliphatic heterocycles. The molecule has 0 spiro atoms. The van der Waals surface area contributed by atoms with E-state index in [1.165, 1.54) is 18.3 Å². The zero-order chi connectivity index (χ0) is 43.6. The first-order valence-corrected chi connectivity index (χ1v) is 21.6. The second kappa shape index (κ2) is 18.5. The number of aryl methyl sites for hydroxylation is 2. The first-order chi connectivity index (χ1) is 28.6. The number of rotatable bonds is 14. The quantitative estimate of drug-likeness (QED) is 0.0708. The van der Waals surface area contributed by atoms with Crippen molar-refractivity contribution in [1.82, 2.24) is 19.9 Å². The number of fused-ring (bicyclic) bond motifs is 8. The standard InChI is InChI=1S/C50H62N4O6/c1-12-34-29(6)36-25-41-43(33(10)55)31(8)38(52-41)23-37-30(7)35(19-20-42(56)60-22-21-28(5)18-14-17-27(4)16-13-15-26(2)3)47(53-37)45-46(50(58)59-11)49(57)44-32(9)39(54-48(44)45)24-40(34)51-36/h15,17,21,23-25,29-30,34-35,46,52,54H,12-14,16,18-20,22H2,1-11H3/b27-17+,28-21+,36-25?,37-23?,38-23?,39-24?,40-24?,41-25?,47-45?/t29-,30+,34-,35+,46-/m1/s1. The van der Waals surface area contributed by atoms with Crippen LogP contribution in [0.5, 0.6) is 0 Å². The third kappa shape index (κ3) is 8.89. The molecule has 10 heteroatoms. The van der Waals surface area contributed by atoms with E-state index >= 15 is 0 Å². The van der Waals surface area contributed by atoms with Crippen molar-refractivity contribution in [3.8, 4) is 0 Å². The fourth-order valence-corrected chi connectivity index (χ4v) is 9.29. The number of nitrogens with zero attached hydrogens (tertiary/aromatic N) is 2. The molecule has 60 heavy (non-hydrogen) atoms. The van der Waals surface area contributed by atoms with Crippen LogP contribution in [0, 0.1) is 13.8 Å². The lowest BCUT2D eigenvalue weighted by Gasteiger charge is -2.18. The Kier molecular flexibility index (Phi) is 13.6. The third-order valence-corrected chi connectivity index (χ3v) is 12.9. The summed E-state index contributed by atoms with van der Waals surface area (Å²) in [4.78, 5) is 71.8. The predicted molar refractivity (Wildman–Crippen MR) is 238 cm³/mol. The lowest BCUT2D eigenvalue weighted by atomic mass is 9.84. The molecule has 0 fully saturated rings. The van der Waals surface area contributed by atoms with Gasteiger partial charge >= 0.3 is 11.9 Å². The van der Waals surface area contributed by atoms with Crippen LogP contribution < -0.4 is 0 Å². The van der Waals surface area contributed by atoms with Crippen LogP contribution in [-0.4, -0.2) is 57.2 Å². The van der Waals surface area contributed by atoms with Crippen LogP contribution in [0.3, 0.4) is 0 Å². The lowest BCUT2D eigenvalue weighted by Crippen LogP contribution is -2.21. The number of aromatic amines is 2. The summed E-state index contributed by atoms with van der Waals surface area (Å²) < 4.78 is 11.0. The molecule has 8 bridgehead atoms. The zero-order valence-corrected chi connectivity index (χ0v) is 37.4. The molecular formula is C50H62N4O6. The van der Waals surface area contributed by atoms with Gasteiger partial charge in [0.1, 0.15) is 12.5 Å². The highest BCUT2D eigenvalue weighted by Crippen LogP contribution is 2.48. The fraction of sp³-hybridized carbons (Fsp3) is 0.480. The Morgan fingerprint density at radius 3 is 2.05 bits per heavy atom. The summed E-state index contributed by atoms with van der Waals surface area (Å²) in [6, 6.07) is 5.96. The first-order valence-electron chi connectivity index (χ1n) is 21.6. The van der Waals surface area contributed by atoms with Crippen LogP contribution in [0.2, 0.25) is 0 Å². The molecule has 1 aliphatic carbocycles. The molecule has 6 rings (SSSR count). The largest absolute Gasteiger partial charge is 0.468 e. The monoisotopic (exact) mass is 814 g/mol. The van der Waals surface area contributed by atoms with Crippen LogP contribution in [0.15, 0.2) is 53.1 Å². The first kappa shape index (κ1) is 44.2. The van der Waals surface area contributed by atoms with Crippen LogP contribution in [0.4, 0.5) is 0 Å². The minimum absolute atomic E-state index is 0.0583. The van der Waals surface area contributed by atoms with Gasteiger partial charge in [-0.1, -0.05) is 49.6 Å². The van der Waals surface area contributed by atoms with Gasteiger partial charge in [0.15, 0.2) is 11.6 Å². The zero-order valence-electron chi connectivity index (χ0n) is 37.4. The molecule has 5 atom stereocenters. The number of hydrogen-bond acceptors (Lipinski definition) is 8. The predicted octanol–water partition coefficient (Wildman–Crippen LogP) is 11.5. The number of Topliss-reactive ketones (excluding diaryl/α,β-unsaturated/α-hetero) is 2. The van der Waals surface area contributed by atoms with Gasteiger partial charge in [0.25, 0.3) is 0 Å². The normalized spacial score (nSPS) is 20.1. The molecule has 2 N–H and O–H groups in total. The SMILES string of the molecule is CC[C@H]1c2cc3[nH]c4c(c3C)C(=O)[C@H](C(=O)OC)c4c3nc(cc4[nH]c(cc(n2)[C@@H]1C)c(C(C)=O)c4C)[C@@H](C)[C@@H]3CCC(=O)OC/C=C(\C)CC/C=C(\C)CCC=C(C)C. The highest BCUT2D eigenvalue weighted by Gasteiger charge is 2.45. The minimum atomic E-state index is -1.21. The second-order valence-electron chi connectivity index (χ2n) is 17.4. The van der Waals surface area contributed by atoms with Crippen molar-refractivity contribution in [2.24, 2.45) is 0 Å². The number of aromatic nitrogens is 4. The van der Waals surface area contributed by atoms with Crippen LogP contribution >= 0.6 is 0 Å². The van der Waals surface area contributed by atoms with Gasteiger partial charge in [-0.3, -0.25) is 29.1 Å². The summed E-state index contributed by atoms with van der Waals surface area (Å²) in [7, 11) is 1.29. The van der Waals surface area contributed by atoms with E-state index in [1.807, 2.05) is 38.1 Å². The molecule has 0 unspecified atom stereocenters. The molecule has 0 aromatic carbocycles. The number of allylic oxidation sites excluding steroid dienone is 5. The number of carbonyl (C=O) groups excluding carboxylic acids is 4. The van der Waals surface area contributed by atoms with Crippen LogP contribution in [-0.2, 0) is 19.1 Å². The Balaban J connectivity index is 1.40. The average molecular weight is 815 g/mol. The van der Waals surface area contributed by atoms with Crippen LogP contribution in [0.25, 0.3) is 22.1 Å². The molecule has 0 amide bonds. The summed E-state index contributed by atoms with van der Waals surface area (Å²) >= 11 is 0. The molecule has 5 heterocycles. The molecule has 10 nitrogen and oxygen atoms in total. The van der Waals surface area contributed by atoms with Crippen molar-refractivity contribution >= 4 is 45.6 Å². The van der Waals surface area contributed by atoms with Crippen molar-refractivity contribution in [1.29, 1.82) is 0 Å². The van der Waals surface area contributed by atoms with Gasteiger partial charge in [0.05, 0.1) is 23.8 Å². The van der Waals surface area contributed by atoms with Crippen LogP contribution in [0.1, 0.15) is 190 Å². The van der Waals surface area contributed by atoms with E-state index in [9.17, 15) is 19.2 Å². The van der Waals surface area contributed by atoms with Crippen molar-refractivity contribution in [2.75, 3.05) is 13.7 Å². The Hall–Kier alpha value is -5.38. The van der Waals surface area contributed by atoms with Gasteiger partial charge in [-0.25, -0.2) is 0 Å². The highest BCUT2D eigenvalue weighted by atomic mass is 16.5. The summed E-state index contributed by atoms with van der Waals surface area (Å²) in [6.07, 6.45) is 11.8. The van der Waals surface area contributed by atoms with Gasteiger partial charge in [-0.2, -0.15) is 0 Å². The highest BCUT2D eigenvalue weighted by molar-refractivity contribution is 6.23. The number of ketones is 2. The minimum Gasteiger partial charge on any atom is -0.468 e. The van der Waals surface area contributed by atoms with Crippen molar-refractivity contribution in [3.63, 3.8) is 0 Å². The van der Waals surface area contributed by atoms with E-state index in [0.29, 0.717) is 45.5 Å². The van der Waals surface area contributed by atoms with Gasteiger partial charge < -0.3 is 19.4 Å². The number of ether oxygens (including phenoxy) is 2. The summed E-state index contributed by atoms with van der Waals surface area (Å²) in [6.45, 7) is 20.4. The fourth-order valence-electron chi connectivity index (χ4n) is 9.29. The van der Waals surface area contributed by atoms with Crippen molar-refractivity contribution in [2.45, 2.75) is 144 Å². The van der Waals surface area contributed by atoms with Gasteiger partial charge in [-0.15, -0.1) is 0 Å². The van der Waals surface area contributed by atoms with E-state index < -0.39 is 11.9 Å². The summed E-state index contributed by atoms with van der Waals surface area (Å²) in [5, 5.41) is 0. The number of esters is 2. The Morgan fingerprint density at radius 2 is 1.38 bits per heavy atom. The van der Waals surface area contributed by atoms with E-state index in [1.54, 1.807) is 6.92 Å². The number of H-pyrrole nitrogens is 2. The topological polar surface area (TPSA) is 144 Å². The van der Waals surface area contributed by atoms with Crippen molar-refractivity contribution in [3.05, 3.63) is 104 Å². The maximum absolute atomic E-state index is 14.4. The second-order valence-corrected chi connectivity index (χ2v) is 17.4. The summed E-state index contributed by atoms with van der Waals surface area (Å²) in [5.41, 5.74) is 12.7. The lowest BCUT2D eigenvalue weighted by molar-refractivity contribution is -0.143. The van der Waals surface area contributed by atoms with Gasteiger partial charge in [0.2, 0.25) is 0 Å².